The molecule has 0 fully saturated rings. The monoisotopic (exact) mass is 347 g/mol. The predicted molar refractivity (Wildman–Crippen MR) is 68.5 cm³/mol. The van der Waals surface area contributed by atoms with Crippen molar-refractivity contribution >= 4 is 32.5 Å². The zero-order chi connectivity index (χ0) is 14.9. The molecule has 1 aromatic carbocycles. The van der Waals surface area contributed by atoms with E-state index in [0.717, 1.165) is 12.1 Å². The van der Waals surface area contributed by atoms with E-state index in [-0.39, 0.29) is 17.6 Å². The highest BCUT2D eigenvalue weighted by Crippen LogP contribution is 2.35. The summed E-state index contributed by atoms with van der Waals surface area (Å²) in [5.74, 6) is -0.875. The maximum Gasteiger partial charge on any atom is 0.433 e. The van der Waals surface area contributed by atoms with Crippen LogP contribution in [0.3, 0.4) is 0 Å². The molecule has 0 amide bonds. The lowest BCUT2D eigenvalue weighted by Gasteiger charge is -2.12. The Morgan fingerprint density at radius 3 is 2.60 bits per heavy atom. The summed E-state index contributed by atoms with van der Waals surface area (Å²) in [5.41, 5.74) is -1.61. The van der Waals surface area contributed by atoms with Gasteiger partial charge >= 0.3 is 6.18 Å². The lowest BCUT2D eigenvalue weighted by Crippen LogP contribution is -2.10. The van der Waals surface area contributed by atoms with Gasteiger partial charge in [-0.15, -0.1) is 0 Å². The molecule has 2 aromatic rings. The molecule has 104 valence electrons. The van der Waals surface area contributed by atoms with Crippen LogP contribution in [0.5, 0.6) is 0 Å². The fourth-order valence-electron chi connectivity index (χ4n) is 1.68. The molecule has 8 heteroatoms. The van der Waals surface area contributed by atoms with Crippen LogP contribution in [0.25, 0.3) is 10.9 Å². The molecule has 20 heavy (non-hydrogen) atoms. The molecule has 1 N–H and O–H groups in total. The third-order valence-corrected chi connectivity index (χ3v) is 2.94. The van der Waals surface area contributed by atoms with E-state index in [0.29, 0.717) is 4.47 Å². The number of halogens is 5. The summed E-state index contributed by atoms with van der Waals surface area (Å²) in [4.78, 5) is 3.31. The molecule has 2 rings (SSSR count). The van der Waals surface area contributed by atoms with Gasteiger partial charge in [0.05, 0.1) is 6.07 Å². The van der Waals surface area contributed by atoms with Crippen molar-refractivity contribution < 1.29 is 17.6 Å². The van der Waals surface area contributed by atoms with Crippen LogP contribution in [0.2, 0.25) is 0 Å². The first-order valence-corrected chi connectivity index (χ1v) is 6.10. The number of nitrogens with zero attached hydrogens (tertiary/aromatic N) is 2. The fraction of sp³-hybridized carbons (Fsp3) is 0.167. The van der Waals surface area contributed by atoms with Gasteiger partial charge < -0.3 is 5.32 Å². The molecule has 0 saturated heterocycles. The Morgan fingerprint density at radius 1 is 1.30 bits per heavy atom. The van der Waals surface area contributed by atoms with Crippen molar-refractivity contribution in [3.63, 3.8) is 0 Å². The van der Waals surface area contributed by atoms with Gasteiger partial charge in [0.25, 0.3) is 0 Å². The number of fused-ring (bicyclic) bond motifs is 1. The molecular formula is C12H6BrF4N3. The smallest absolute Gasteiger partial charge is 0.372 e. The number of aromatic nitrogens is 1. The first kappa shape index (κ1) is 14.5. The Morgan fingerprint density at radius 2 is 2.00 bits per heavy atom. The zero-order valence-electron chi connectivity index (χ0n) is 9.72. The number of alkyl halides is 3. The number of hydrogen-bond acceptors (Lipinski definition) is 3. The van der Waals surface area contributed by atoms with Crippen LogP contribution < -0.4 is 5.32 Å². The zero-order valence-corrected chi connectivity index (χ0v) is 11.3. The number of hydrogen-bond donors (Lipinski definition) is 1. The minimum Gasteiger partial charge on any atom is -0.372 e. The van der Waals surface area contributed by atoms with E-state index >= 15 is 0 Å². The average Bonchev–Trinajstić information content (AvgIpc) is 2.34. The number of rotatable bonds is 2. The minimum absolute atomic E-state index is 0.00377. The Kier molecular flexibility index (Phi) is 3.81. The van der Waals surface area contributed by atoms with Gasteiger partial charge in [-0.25, -0.2) is 9.37 Å². The first-order valence-electron chi connectivity index (χ1n) is 5.30. The van der Waals surface area contributed by atoms with Crippen molar-refractivity contribution in [2.24, 2.45) is 0 Å². The molecule has 0 radical (unpaired) electrons. The molecule has 1 aromatic heterocycles. The van der Waals surface area contributed by atoms with Crippen LogP contribution in [0.1, 0.15) is 5.69 Å². The lowest BCUT2D eigenvalue weighted by molar-refractivity contribution is -0.140. The lowest BCUT2D eigenvalue weighted by atomic mass is 10.1. The molecule has 0 aliphatic heterocycles. The maximum atomic E-state index is 13.8. The van der Waals surface area contributed by atoms with E-state index < -0.39 is 23.2 Å². The Labute approximate surface area is 119 Å². The van der Waals surface area contributed by atoms with E-state index in [1.54, 1.807) is 6.07 Å². The number of pyridine rings is 1. The number of nitriles is 1. The summed E-state index contributed by atoms with van der Waals surface area (Å²) < 4.78 is 52.4. The van der Waals surface area contributed by atoms with E-state index in [9.17, 15) is 17.6 Å². The molecule has 3 nitrogen and oxygen atoms in total. The van der Waals surface area contributed by atoms with Gasteiger partial charge in [-0.2, -0.15) is 18.4 Å². The summed E-state index contributed by atoms with van der Waals surface area (Å²) in [6.07, 6.45) is -4.70. The van der Waals surface area contributed by atoms with Crippen molar-refractivity contribution in [1.29, 1.82) is 5.26 Å². The largest absolute Gasteiger partial charge is 0.433 e. The standard InChI is InChI=1S/C12H6BrF4N3/c13-6-3-7-9(19-2-1-18)5-10(12(15,16)17)20-11(7)8(14)4-6/h3-5H,2H2,(H,19,20). The number of nitrogens with one attached hydrogen (secondary N) is 1. The van der Waals surface area contributed by atoms with E-state index in [1.165, 1.54) is 6.07 Å². The van der Waals surface area contributed by atoms with Gasteiger partial charge in [0, 0.05) is 15.5 Å². The predicted octanol–water partition coefficient (Wildman–Crippen LogP) is 4.09. The number of benzene rings is 1. The normalized spacial score (nSPS) is 11.4. The first-order chi connectivity index (χ1) is 9.32. The van der Waals surface area contributed by atoms with Gasteiger partial charge in [0.1, 0.15) is 17.8 Å². The van der Waals surface area contributed by atoms with Crippen LogP contribution in [-0.4, -0.2) is 11.5 Å². The van der Waals surface area contributed by atoms with Crippen molar-refractivity contribution in [1.82, 2.24) is 4.98 Å². The maximum absolute atomic E-state index is 13.8. The van der Waals surface area contributed by atoms with E-state index in [2.05, 4.69) is 26.2 Å². The SMILES string of the molecule is N#CCNc1cc(C(F)(F)F)nc2c(F)cc(Br)cc12. The molecule has 0 saturated carbocycles. The molecule has 0 bridgehead atoms. The van der Waals surface area contributed by atoms with Gasteiger partial charge in [-0.05, 0) is 18.2 Å². The highest BCUT2D eigenvalue weighted by molar-refractivity contribution is 9.10. The van der Waals surface area contributed by atoms with Crippen molar-refractivity contribution in [2.45, 2.75) is 6.18 Å². The quantitative estimate of drug-likeness (QED) is 0.657. The summed E-state index contributed by atoms with van der Waals surface area (Å²) in [6.45, 7) is -0.204. The second kappa shape index (κ2) is 5.25. The van der Waals surface area contributed by atoms with Crippen molar-refractivity contribution in [3.05, 3.63) is 34.2 Å². The van der Waals surface area contributed by atoms with Crippen LogP contribution in [0, 0.1) is 17.1 Å². The molecular weight excluding hydrogens is 342 g/mol. The Balaban J connectivity index is 2.75. The third kappa shape index (κ3) is 2.82. The Hall–Kier alpha value is -1.88. The molecule has 0 atom stereocenters. The van der Waals surface area contributed by atoms with Crippen molar-refractivity contribution in [2.75, 3.05) is 11.9 Å². The molecule has 0 aliphatic carbocycles. The van der Waals surface area contributed by atoms with Crippen LogP contribution >= 0.6 is 15.9 Å². The van der Waals surface area contributed by atoms with Gasteiger partial charge in [-0.3, -0.25) is 0 Å². The Bertz CT molecular complexity index is 706. The van der Waals surface area contributed by atoms with Crippen LogP contribution in [0.4, 0.5) is 23.2 Å². The number of anilines is 1. The second-order valence-electron chi connectivity index (χ2n) is 3.85. The molecule has 0 aliphatic rings. The van der Waals surface area contributed by atoms with E-state index in [4.69, 9.17) is 5.26 Å². The molecule has 0 spiro atoms. The minimum atomic E-state index is -4.70. The van der Waals surface area contributed by atoms with Crippen LogP contribution in [0.15, 0.2) is 22.7 Å². The average molecular weight is 348 g/mol. The molecule has 1 heterocycles. The van der Waals surface area contributed by atoms with E-state index in [1.807, 2.05) is 0 Å². The second-order valence-corrected chi connectivity index (χ2v) is 4.76. The van der Waals surface area contributed by atoms with Gasteiger partial charge in [-0.1, -0.05) is 15.9 Å². The highest BCUT2D eigenvalue weighted by Gasteiger charge is 2.33. The summed E-state index contributed by atoms with van der Waals surface area (Å²) in [5, 5.41) is 11.2. The summed E-state index contributed by atoms with van der Waals surface area (Å²) in [6, 6.07) is 4.97. The topological polar surface area (TPSA) is 48.7 Å². The summed E-state index contributed by atoms with van der Waals surface area (Å²) in [7, 11) is 0. The molecule has 0 unspecified atom stereocenters. The van der Waals surface area contributed by atoms with Crippen LogP contribution in [-0.2, 0) is 6.18 Å². The van der Waals surface area contributed by atoms with Crippen molar-refractivity contribution in [3.8, 4) is 6.07 Å². The fourth-order valence-corrected chi connectivity index (χ4v) is 2.11. The van der Waals surface area contributed by atoms with Gasteiger partial charge in [0.2, 0.25) is 0 Å². The third-order valence-electron chi connectivity index (χ3n) is 2.48. The highest BCUT2D eigenvalue weighted by atomic mass is 79.9. The van der Waals surface area contributed by atoms with Gasteiger partial charge in [0.15, 0.2) is 5.82 Å². The summed E-state index contributed by atoms with van der Waals surface area (Å²) >= 11 is 3.06.